The average molecular weight is 452 g/mol. The van der Waals surface area contributed by atoms with Crippen LogP contribution in [0, 0.1) is 5.82 Å². The molecule has 5 rings (SSSR count). The van der Waals surface area contributed by atoms with Gasteiger partial charge in [0.25, 0.3) is 0 Å². The van der Waals surface area contributed by atoms with Crippen LogP contribution in [0.25, 0.3) is 39.1 Å². The lowest BCUT2D eigenvalue weighted by Crippen LogP contribution is -2.21. The van der Waals surface area contributed by atoms with Crippen molar-refractivity contribution in [3.63, 3.8) is 0 Å². The highest BCUT2D eigenvalue weighted by molar-refractivity contribution is 6.11. The number of hydrogen-bond donors (Lipinski definition) is 2. The van der Waals surface area contributed by atoms with Crippen molar-refractivity contribution < 1.29 is 13.9 Å². The highest BCUT2D eigenvalue weighted by Gasteiger charge is 2.14. The molecule has 0 spiro atoms. The number of aromatic nitrogens is 2. The molecular formula is C28H22FN3O2. The number of carbonyl (C=O) groups is 1. The molecule has 34 heavy (non-hydrogen) atoms. The van der Waals surface area contributed by atoms with Gasteiger partial charge in [0, 0.05) is 27.9 Å². The van der Waals surface area contributed by atoms with Gasteiger partial charge in [0.05, 0.1) is 30.6 Å². The molecule has 0 aliphatic heterocycles. The number of fused-ring (bicyclic) bond motifs is 3. The molecule has 0 unspecified atom stereocenters. The van der Waals surface area contributed by atoms with Gasteiger partial charge in [-0.15, -0.1) is 0 Å². The standard InChI is InChI=1S/C28H22FN3O2/c1-34-22-12-9-18(10-13-22)11-14-26(33)30-17-21-16-24-23-7-2-3-8-25(23)32-28(24)27(31-21)19-5-4-6-20(29)15-19/h2-16,32H,17H2,1H3,(H,30,33)/b14-11+. The number of halogens is 1. The van der Waals surface area contributed by atoms with Gasteiger partial charge in [-0.1, -0.05) is 42.5 Å². The van der Waals surface area contributed by atoms with Gasteiger partial charge < -0.3 is 15.0 Å². The highest BCUT2D eigenvalue weighted by Crippen LogP contribution is 2.32. The number of H-pyrrole nitrogens is 1. The Morgan fingerprint density at radius 2 is 1.85 bits per heavy atom. The Hall–Kier alpha value is -4.45. The molecule has 0 radical (unpaired) electrons. The van der Waals surface area contributed by atoms with E-state index in [1.807, 2.05) is 60.7 Å². The van der Waals surface area contributed by atoms with E-state index in [0.29, 0.717) is 17.0 Å². The van der Waals surface area contributed by atoms with E-state index in [0.717, 1.165) is 33.1 Å². The zero-order valence-electron chi connectivity index (χ0n) is 18.5. The third kappa shape index (κ3) is 4.38. The minimum atomic E-state index is -0.328. The number of aromatic amines is 1. The lowest BCUT2D eigenvalue weighted by Gasteiger charge is -2.08. The maximum absolute atomic E-state index is 14.0. The molecule has 0 bridgehead atoms. The average Bonchev–Trinajstić information content (AvgIpc) is 3.24. The van der Waals surface area contributed by atoms with Crippen molar-refractivity contribution in [1.29, 1.82) is 0 Å². The van der Waals surface area contributed by atoms with E-state index in [9.17, 15) is 9.18 Å². The highest BCUT2D eigenvalue weighted by atomic mass is 19.1. The molecule has 168 valence electrons. The number of nitrogens with zero attached hydrogens (tertiary/aromatic N) is 1. The zero-order chi connectivity index (χ0) is 23.5. The Morgan fingerprint density at radius 1 is 1.03 bits per heavy atom. The van der Waals surface area contributed by atoms with Crippen molar-refractivity contribution in [2.75, 3.05) is 7.11 Å². The van der Waals surface area contributed by atoms with E-state index in [-0.39, 0.29) is 18.3 Å². The first-order valence-corrected chi connectivity index (χ1v) is 10.9. The van der Waals surface area contributed by atoms with Crippen LogP contribution in [-0.4, -0.2) is 23.0 Å². The van der Waals surface area contributed by atoms with Gasteiger partial charge in [0.15, 0.2) is 0 Å². The van der Waals surface area contributed by atoms with Gasteiger partial charge in [-0.2, -0.15) is 0 Å². The van der Waals surface area contributed by atoms with Crippen LogP contribution in [-0.2, 0) is 11.3 Å². The molecular weight excluding hydrogens is 429 g/mol. The van der Waals surface area contributed by atoms with Crippen molar-refractivity contribution in [2.45, 2.75) is 6.54 Å². The molecule has 0 saturated heterocycles. The number of rotatable bonds is 6. The molecule has 2 aromatic heterocycles. The topological polar surface area (TPSA) is 67.0 Å². The second-order valence-corrected chi connectivity index (χ2v) is 7.89. The second-order valence-electron chi connectivity index (χ2n) is 7.89. The summed E-state index contributed by atoms with van der Waals surface area (Å²) in [5, 5.41) is 4.91. The normalized spacial score (nSPS) is 11.4. The molecule has 0 saturated carbocycles. The van der Waals surface area contributed by atoms with Crippen molar-refractivity contribution >= 4 is 33.8 Å². The SMILES string of the molecule is COc1ccc(/C=C/C(=O)NCc2cc3c([nH]c4ccccc43)c(-c3cccc(F)c3)n2)cc1. The Morgan fingerprint density at radius 3 is 2.65 bits per heavy atom. The van der Waals surface area contributed by atoms with Crippen LogP contribution in [0.5, 0.6) is 5.75 Å². The number of carbonyl (C=O) groups excluding carboxylic acids is 1. The summed E-state index contributed by atoms with van der Waals surface area (Å²) in [4.78, 5) is 20.6. The summed E-state index contributed by atoms with van der Waals surface area (Å²) < 4.78 is 19.1. The van der Waals surface area contributed by atoms with Gasteiger partial charge in [-0.3, -0.25) is 4.79 Å². The number of benzene rings is 3. The van der Waals surface area contributed by atoms with Gasteiger partial charge in [-0.05, 0) is 48.0 Å². The number of para-hydroxylation sites is 1. The summed E-state index contributed by atoms with van der Waals surface area (Å²) in [6, 6.07) is 23.7. The summed E-state index contributed by atoms with van der Waals surface area (Å²) in [6.45, 7) is 0.240. The minimum absolute atomic E-state index is 0.232. The third-order valence-corrected chi connectivity index (χ3v) is 5.63. The number of nitrogens with one attached hydrogen (secondary N) is 2. The summed E-state index contributed by atoms with van der Waals surface area (Å²) in [7, 11) is 1.61. The first-order valence-electron chi connectivity index (χ1n) is 10.9. The van der Waals surface area contributed by atoms with Crippen molar-refractivity contribution in [2.24, 2.45) is 0 Å². The van der Waals surface area contributed by atoms with Crippen LogP contribution >= 0.6 is 0 Å². The maximum Gasteiger partial charge on any atom is 0.244 e. The predicted molar refractivity (Wildman–Crippen MR) is 133 cm³/mol. The molecule has 0 aliphatic carbocycles. The molecule has 2 N–H and O–H groups in total. The molecule has 3 aromatic carbocycles. The summed E-state index contributed by atoms with van der Waals surface area (Å²) in [5.41, 5.74) is 4.70. The van der Waals surface area contributed by atoms with E-state index >= 15 is 0 Å². The molecule has 1 amide bonds. The number of amides is 1. The lowest BCUT2D eigenvalue weighted by atomic mass is 10.1. The summed E-state index contributed by atoms with van der Waals surface area (Å²) >= 11 is 0. The largest absolute Gasteiger partial charge is 0.497 e. The molecule has 6 heteroatoms. The van der Waals surface area contributed by atoms with Gasteiger partial charge in [-0.25, -0.2) is 9.37 Å². The molecule has 5 aromatic rings. The number of methoxy groups -OCH3 is 1. The molecule has 0 aliphatic rings. The summed E-state index contributed by atoms with van der Waals surface area (Å²) in [5.74, 6) is 0.198. The first-order chi connectivity index (χ1) is 16.6. The predicted octanol–water partition coefficient (Wildman–Crippen LogP) is 5.86. The van der Waals surface area contributed by atoms with Gasteiger partial charge in [0.1, 0.15) is 11.6 Å². The van der Waals surface area contributed by atoms with Crippen LogP contribution in [0.2, 0.25) is 0 Å². The second kappa shape index (κ2) is 9.19. The van der Waals surface area contributed by atoms with E-state index < -0.39 is 0 Å². The number of hydrogen-bond acceptors (Lipinski definition) is 3. The van der Waals surface area contributed by atoms with E-state index in [2.05, 4.69) is 10.3 Å². The minimum Gasteiger partial charge on any atom is -0.497 e. The fraction of sp³-hybridized carbons (Fsp3) is 0.0714. The molecule has 0 atom stereocenters. The van der Waals surface area contributed by atoms with E-state index in [1.165, 1.54) is 18.2 Å². The van der Waals surface area contributed by atoms with E-state index in [4.69, 9.17) is 9.72 Å². The van der Waals surface area contributed by atoms with Gasteiger partial charge >= 0.3 is 0 Å². The Bertz CT molecular complexity index is 1520. The van der Waals surface area contributed by atoms with E-state index in [1.54, 1.807) is 19.3 Å². The van der Waals surface area contributed by atoms with Gasteiger partial charge in [0.2, 0.25) is 5.91 Å². The monoisotopic (exact) mass is 451 g/mol. The first kappa shape index (κ1) is 21.4. The number of pyridine rings is 1. The third-order valence-electron chi connectivity index (χ3n) is 5.63. The van der Waals surface area contributed by atoms with Crippen LogP contribution in [0.15, 0.2) is 84.9 Å². The van der Waals surface area contributed by atoms with Crippen molar-refractivity contribution in [3.8, 4) is 17.0 Å². The maximum atomic E-state index is 14.0. The smallest absolute Gasteiger partial charge is 0.244 e. The quantitative estimate of drug-likeness (QED) is 0.318. The van der Waals surface area contributed by atoms with Crippen molar-refractivity contribution in [3.05, 3.63) is 102 Å². The number of ether oxygens (including phenoxy) is 1. The molecule has 2 heterocycles. The fourth-order valence-electron chi connectivity index (χ4n) is 3.96. The zero-order valence-corrected chi connectivity index (χ0v) is 18.5. The van der Waals surface area contributed by atoms with Crippen LogP contribution in [0.1, 0.15) is 11.3 Å². The molecule has 0 fully saturated rings. The van der Waals surface area contributed by atoms with Crippen LogP contribution < -0.4 is 10.1 Å². The molecule has 5 nitrogen and oxygen atoms in total. The Kier molecular flexibility index (Phi) is 5.79. The fourth-order valence-corrected chi connectivity index (χ4v) is 3.96. The van der Waals surface area contributed by atoms with Crippen LogP contribution in [0.3, 0.4) is 0 Å². The Balaban J connectivity index is 1.44. The lowest BCUT2D eigenvalue weighted by molar-refractivity contribution is -0.116. The Labute approximate surface area is 195 Å². The van der Waals surface area contributed by atoms with Crippen molar-refractivity contribution in [1.82, 2.24) is 15.3 Å². The van der Waals surface area contributed by atoms with Crippen LogP contribution in [0.4, 0.5) is 4.39 Å². The summed E-state index contributed by atoms with van der Waals surface area (Å²) in [6.07, 6.45) is 3.22.